The van der Waals surface area contributed by atoms with Gasteiger partial charge in [0.05, 0.1) is 10.6 Å². The average Bonchev–Trinajstić information content (AvgIpc) is 3.54. The second-order valence-electron chi connectivity index (χ2n) is 10.4. The molecule has 36 heavy (non-hydrogen) atoms. The van der Waals surface area contributed by atoms with Crippen molar-refractivity contribution in [1.82, 2.24) is 15.2 Å². The zero-order chi connectivity index (χ0) is 24.9. The number of aromatic nitrogens is 1. The molecule has 0 spiro atoms. The minimum absolute atomic E-state index is 0.0834. The van der Waals surface area contributed by atoms with Gasteiger partial charge in [0, 0.05) is 21.8 Å². The van der Waals surface area contributed by atoms with E-state index in [-0.39, 0.29) is 5.91 Å². The van der Waals surface area contributed by atoms with Gasteiger partial charge in [-0.2, -0.15) is 0 Å². The number of nitrogens with zero attached hydrogens (tertiary/aromatic N) is 2. The Morgan fingerprint density at radius 2 is 1.86 bits per heavy atom. The van der Waals surface area contributed by atoms with Crippen LogP contribution in [0.3, 0.4) is 0 Å². The number of fused-ring (bicyclic) bond motifs is 1. The van der Waals surface area contributed by atoms with E-state index in [1.165, 1.54) is 61.3 Å². The smallest absolute Gasteiger partial charge is 0.261 e. The number of hydrogen-bond acceptors (Lipinski definition) is 6. The fourth-order valence-corrected chi connectivity index (χ4v) is 7.74. The van der Waals surface area contributed by atoms with E-state index in [9.17, 15) is 4.79 Å². The summed E-state index contributed by atoms with van der Waals surface area (Å²) >= 11 is 3.27. The highest BCUT2D eigenvalue weighted by Crippen LogP contribution is 2.33. The lowest BCUT2D eigenvalue weighted by Crippen LogP contribution is -2.41. The van der Waals surface area contributed by atoms with E-state index in [1.807, 2.05) is 24.3 Å². The molecule has 1 atom stereocenters. The van der Waals surface area contributed by atoms with E-state index in [2.05, 4.69) is 40.3 Å². The number of thiophene rings is 1. The number of carbonyl (C=O) groups is 1. The predicted octanol–water partition coefficient (Wildman–Crippen LogP) is 6.40. The van der Waals surface area contributed by atoms with Crippen LogP contribution in [-0.2, 0) is 12.8 Å². The van der Waals surface area contributed by atoms with Crippen LogP contribution in [0.4, 0.5) is 5.13 Å². The summed E-state index contributed by atoms with van der Waals surface area (Å²) < 4.78 is 0. The van der Waals surface area contributed by atoms with E-state index in [0.29, 0.717) is 12.1 Å². The number of aryl methyl sites for hydroxylation is 1. The molecule has 2 aliphatic rings. The molecule has 2 heterocycles. The molecule has 7 heteroatoms. The topological polar surface area (TPSA) is 71.2 Å². The van der Waals surface area contributed by atoms with Crippen LogP contribution in [0.25, 0.3) is 10.4 Å². The zero-order valence-electron chi connectivity index (χ0n) is 21.2. The highest BCUT2D eigenvalue weighted by atomic mass is 32.1. The molecule has 192 valence electrons. The van der Waals surface area contributed by atoms with Crippen LogP contribution in [-0.4, -0.2) is 41.0 Å². The van der Waals surface area contributed by atoms with Gasteiger partial charge in [-0.25, -0.2) is 4.98 Å². The van der Waals surface area contributed by atoms with Crippen LogP contribution in [0.2, 0.25) is 0 Å². The Hall–Kier alpha value is -2.22. The molecule has 0 radical (unpaired) electrons. The first kappa shape index (κ1) is 25.4. The predicted molar refractivity (Wildman–Crippen MR) is 152 cm³/mol. The third kappa shape index (κ3) is 6.18. The monoisotopic (exact) mass is 522 g/mol. The van der Waals surface area contributed by atoms with Crippen LogP contribution >= 0.6 is 22.7 Å². The Balaban J connectivity index is 1.07. The maximum atomic E-state index is 12.9. The quantitative estimate of drug-likeness (QED) is 0.341. The van der Waals surface area contributed by atoms with Gasteiger partial charge < -0.3 is 16.0 Å². The summed E-state index contributed by atoms with van der Waals surface area (Å²) in [6.45, 7) is 4.64. The minimum Gasteiger partial charge on any atom is -0.375 e. The molecule has 0 unspecified atom stereocenters. The van der Waals surface area contributed by atoms with Crippen molar-refractivity contribution in [3.8, 4) is 10.4 Å². The second-order valence-corrected chi connectivity index (χ2v) is 12.6. The van der Waals surface area contributed by atoms with Gasteiger partial charge in [-0.1, -0.05) is 37.3 Å². The summed E-state index contributed by atoms with van der Waals surface area (Å²) in [6.07, 6.45) is 10.4. The third-order valence-electron chi connectivity index (χ3n) is 7.85. The largest absolute Gasteiger partial charge is 0.375 e. The Morgan fingerprint density at radius 1 is 1.06 bits per heavy atom. The third-order valence-corrected chi connectivity index (χ3v) is 9.93. The molecule has 0 bridgehead atoms. The summed E-state index contributed by atoms with van der Waals surface area (Å²) in [5, 5.41) is 4.04. The number of benzene rings is 1. The normalized spacial score (nSPS) is 21.9. The van der Waals surface area contributed by atoms with Crippen LogP contribution in [0.1, 0.15) is 72.1 Å². The van der Waals surface area contributed by atoms with E-state index < -0.39 is 0 Å². The Bertz CT molecular complexity index is 1130. The summed E-state index contributed by atoms with van der Waals surface area (Å²) in [6, 6.07) is 15.2. The Labute approximate surface area is 223 Å². The maximum Gasteiger partial charge on any atom is 0.261 e. The SMILES string of the molecule is CCCN(CCC1CCC(NC(=O)c2ccc(-c3ccccc3)s2)CC1)[C@H]1CCc2nc(N)sc2C1. The van der Waals surface area contributed by atoms with E-state index in [4.69, 9.17) is 5.73 Å². The number of hydrogen-bond donors (Lipinski definition) is 2. The number of thiazole rings is 1. The van der Waals surface area contributed by atoms with Gasteiger partial charge in [0.25, 0.3) is 5.91 Å². The Morgan fingerprint density at radius 3 is 2.64 bits per heavy atom. The lowest BCUT2D eigenvalue weighted by Gasteiger charge is -2.36. The first-order valence-electron chi connectivity index (χ1n) is 13.5. The van der Waals surface area contributed by atoms with E-state index in [1.54, 1.807) is 22.7 Å². The molecular weight excluding hydrogens is 484 g/mol. The van der Waals surface area contributed by atoms with Crippen molar-refractivity contribution in [2.75, 3.05) is 18.8 Å². The van der Waals surface area contributed by atoms with Gasteiger partial charge in [0.1, 0.15) is 0 Å². The fraction of sp³-hybridized carbons (Fsp3) is 0.517. The maximum absolute atomic E-state index is 12.9. The van der Waals surface area contributed by atoms with Gasteiger partial charge in [0.2, 0.25) is 0 Å². The molecule has 3 aromatic rings. The van der Waals surface area contributed by atoms with Gasteiger partial charge in [-0.05, 0) is 94.5 Å². The standard InChI is InChI=1S/C29H38N4OS2/c1-2-17-33(23-12-13-24-27(19-23)36-29(30)32-24)18-16-20-8-10-22(11-9-20)31-28(34)26-15-14-25(35-26)21-6-4-3-5-7-21/h3-7,14-15,20,22-23H,2,8-13,16-19H2,1H3,(H2,30,32)(H,31,34)/t20?,22?,23-/m0/s1. The molecule has 3 N–H and O–H groups in total. The molecule has 2 aromatic heterocycles. The summed E-state index contributed by atoms with van der Waals surface area (Å²) in [5.74, 6) is 0.849. The minimum atomic E-state index is 0.0834. The van der Waals surface area contributed by atoms with Crippen molar-refractivity contribution in [2.24, 2.45) is 5.92 Å². The number of anilines is 1. The molecule has 0 saturated heterocycles. The average molecular weight is 523 g/mol. The first-order valence-corrected chi connectivity index (χ1v) is 15.2. The lowest BCUT2D eigenvalue weighted by molar-refractivity contribution is 0.0922. The summed E-state index contributed by atoms with van der Waals surface area (Å²) in [4.78, 5) is 23.5. The number of rotatable bonds is 9. The number of carbonyl (C=O) groups excluding carboxylic acids is 1. The molecule has 1 fully saturated rings. The van der Waals surface area contributed by atoms with Crippen molar-refractivity contribution in [3.63, 3.8) is 0 Å². The lowest BCUT2D eigenvalue weighted by atomic mass is 9.83. The van der Waals surface area contributed by atoms with Crippen molar-refractivity contribution in [3.05, 3.63) is 57.9 Å². The second kappa shape index (κ2) is 11.9. The summed E-state index contributed by atoms with van der Waals surface area (Å²) in [7, 11) is 0. The van der Waals surface area contributed by atoms with Crippen molar-refractivity contribution >= 4 is 33.7 Å². The van der Waals surface area contributed by atoms with Crippen LogP contribution in [0.5, 0.6) is 0 Å². The van der Waals surface area contributed by atoms with Crippen molar-refractivity contribution in [1.29, 1.82) is 0 Å². The van der Waals surface area contributed by atoms with Gasteiger partial charge in [0.15, 0.2) is 5.13 Å². The van der Waals surface area contributed by atoms with E-state index >= 15 is 0 Å². The molecule has 2 aliphatic carbocycles. The first-order chi connectivity index (χ1) is 17.6. The zero-order valence-corrected chi connectivity index (χ0v) is 22.9. The molecule has 1 aromatic carbocycles. The number of nitrogens with two attached hydrogens (primary N) is 1. The van der Waals surface area contributed by atoms with Crippen LogP contribution in [0.15, 0.2) is 42.5 Å². The van der Waals surface area contributed by atoms with Gasteiger partial charge in [-0.3, -0.25) is 4.79 Å². The Kier molecular flexibility index (Phi) is 8.40. The number of amides is 1. The van der Waals surface area contributed by atoms with Crippen molar-refractivity contribution < 1.29 is 4.79 Å². The van der Waals surface area contributed by atoms with Gasteiger partial charge in [-0.15, -0.1) is 22.7 Å². The van der Waals surface area contributed by atoms with Gasteiger partial charge >= 0.3 is 0 Å². The fourth-order valence-electron chi connectivity index (χ4n) is 5.87. The van der Waals surface area contributed by atoms with E-state index in [0.717, 1.165) is 46.5 Å². The highest BCUT2D eigenvalue weighted by Gasteiger charge is 2.28. The molecule has 5 nitrogen and oxygen atoms in total. The van der Waals surface area contributed by atoms with Crippen LogP contribution < -0.4 is 11.1 Å². The summed E-state index contributed by atoms with van der Waals surface area (Å²) in [5.41, 5.74) is 8.37. The van der Waals surface area contributed by atoms with Crippen molar-refractivity contribution in [2.45, 2.75) is 76.8 Å². The molecular formula is C29H38N4OS2. The number of nitrogens with one attached hydrogen (secondary N) is 1. The molecule has 0 aliphatic heterocycles. The van der Waals surface area contributed by atoms with Crippen LogP contribution in [0, 0.1) is 5.92 Å². The number of nitrogen functional groups attached to an aromatic ring is 1. The molecule has 1 amide bonds. The molecule has 5 rings (SSSR count). The highest BCUT2D eigenvalue weighted by molar-refractivity contribution is 7.17. The molecule has 1 saturated carbocycles.